The molecule has 0 heterocycles. The maximum atomic E-state index is 12.5. The molecule has 656 valence electrons. The van der Waals surface area contributed by atoms with E-state index in [0.29, 0.717) is 35.5 Å². The molecule has 22 atom stereocenters. The van der Waals surface area contributed by atoms with Gasteiger partial charge < -0.3 is 33.2 Å². The van der Waals surface area contributed by atoms with Crippen LogP contribution in [0.4, 0.5) is 0 Å². The average Bonchev–Trinajstić information content (AvgIpc) is 1.62. The van der Waals surface area contributed by atoms with Crippen molar-refractivity contribution in [3.8, 4) is 0 Å². The van der Waals surface area contributed by atoms with Crippen LogP contribution in [0.25, 0.3) is 0 Å². The summed E-state index contributed by atoms with van der Waals surface area (Å²) in [5.41, 5.74) is -2.01. The average molecular weight is 1690 g/mol. The van der Waals surface area contributed by atoms with Crippen molar-refractivity contribution in [3.05, 3.63) is 0 Å². The van der Waals surface area contributed by atoms with Crippen LogP contribution in [0.3, 0.4) is 0 Å². The predicted octanol–water partition coefficient (Wildman–Crippen LogP) is 16.2. The first-order chi connectivity index (χ1) is 53.4. The van der Waals surface area contributed by atoms with Gasteiger partial charge in [0.05, 0.1) is 41.4 Å². The van der Waals surface area contributed by atoms with E-state index in [9.17, 15) is 33.6 Å². The first kappa shape index (κ1) is 101. The molecule has 0 saturated heterocycles. The molecule has 16 rings (SSSR count). The van der Waals surface area contributed by atoms with Crippen LogP contribution in [0, 0.1) is 124 Å². The summed E-state index contributed by atoms with van der Waals surface area (Å²) in [7, 11) is 7.83. The van der Waals surface area contributed by atoms with E-state index in [0.717, 1.165) is 125 Å². The minimum absolute atomic E-state index is 0.0460. The summed E-state index contributed by atoms with van der Waals surface area (Å²) in [6.07, 6.45) is 44.4. The summed E-state index contributed by atoms with van der Waals surface area (Å²) in [5, 5.41) is 0. The quantitative estimate of drug-likeness (QED) is 0.102. The van der Waals surface area contributed by atoms with E-state index in [2.05, 4.69) is 67.0 Å². The summed E-state index contributed by atoms with van der Waals surface area (Å²) < 4.78 is 39.8. The molecule has 0 spiro atoms. The molecule has 113 heavy (non-hydrogen) atoms. The van der Waals surface area contributed by atoms with Crippen molar-refractivity contribution in [1.29, 1.82) is 0 Å². The number of hydrogen-bond donors (Lipinski definition) is 0. The number of fused-ring (bicyclic) bond motifs is 14. The Labute approximate surface area is 709 Å². The van der Waals surface area contributed by atoms with Crippen LogP contribution in [-0.2, 0) is 66.7 Å². The van der Waals surface area contributed by atoms with Crippen molar-refractivity contribution in [2.24, 2.45) is 124 Å². The molecule has 16 aliphatic rings. The lowest BCUT2D eigenvalue weighted by molar-refractivity contribution is -0.175. The van der Waals surface area contributed by atoms with E-state index >= 15 is 0 Å². The van der Waals surface area contributed by atoms with Gasteiger partial charge in [0.1, 0.15) is 39.2 Å². The maximum absolute atomic E-state index is 12.5. The lowest BCUT2D eigenvalue weighted by Crippen LogP contribution is -2.41. The number of carbonyl (C=O) groups excluding carboxylic acids is 7. The molecule has 0 aromatic heterocycles. The molecule has 0 radical (unpaired) electrons. The zero-order valence-electron chi connectivity index (χ0n) is 78.0. The zero-order valence-corrected chi connectivity index (χ0v) is 90.0. The molecule has 16 saturated carbocycles. The van der Waals surface area contributed by atoms with E-state index in [1.165, 1.54) is 209 Å². The van der Waals surface area contributed by atoms with Gasteiger partial charge in [-0.2, -0.15) is 0 Å². The van der Waals surface area contributed by atoms with Gasteiger partial charge in [0.25, 0.3) is 0 Å². The van der Waals surface area contributed by atoms with Gasteiger partial charge in [-0.1, -0.05) is 84.7 Å². The Hall–Kier alpha value is -2.41. The summed E-state index contributed by atoms with van der Waals surface area (Å²) in [5.74, 6) is 10.00. The van der Waals surface area contributed by atoms with E-state index < -0.39 is 11.2 Å². The van der Waals surface area contributed by atoms with Gasteiger partial charge in [0.15, 0.2) is 0 Å². The molecule has 0 aromatic carbocycles. The Kier molecular flexibility index (Phi) is 41.2. The van der Waals surface area contributed by atoms with Gasteiger partial charge in [0, 0.05) is 0 Å². The third-order valence-electron chi connectivity index (χ3n) is 28.8. The molecule has 22 unspecified atom stereocenters. The van der Waals surface area contributed by atoms with Gasteiger partial charge in [-0.25, -0.2) is 0 Å². The number of carbonyl (C=O) groups is 7. The molecule has 14 bridgehead atoms. The summed E-state index contributed by atoms with van der Waals surface area (Å²) in [6.45, 7) is 42.3. The molecule has 16 fully saturated rings. The van der Waals surface area contributed by atoms with Crippen LogP contribution in [0.15, 0.2) is 0 Å². The van der Waals surface area contributed by atoms with E-state index in [4.69, 9.17) is 33.2 Å². The normalized spacial score (nSPS) is 35.5. The van der Waals surface area contributed by atoms with Crippen LogP contribution < -0.4 is 0 Å². The second-order valence-electron chi connectivity index (χ2n) is 40.7. The summed E-state index contributed by atoms with van der Waals surface area (Å²) in [6, 6.07) is 0. The Morgan fingerprint density at radius 3 is 0.814 bits per heavy atom. The van der Waals surface area contributed by atoms with Crippen LogP contribution in [0.5, 0.6) is 0 Å². The van der Waals surface area contributed by atoms with Gasteiger partial charge in [-0.3, -0.25) is 33.6 Å². The van der Waals surface area contributed by atoms with Gasteiger partial charge in [-0.15, -0.1) is 0 Å². The fourth-order valence-electron chi connectivity index (χ4n) is 23.4. The molecule has 20 heteroatoms. The van der Waals surface area contributed by atoms with Crippen molar-refractivity contribution in [2.75, 3.05) is 0 Å². The summed E-state index contributed by atoms with van der Waals surface area (Å²) in [4.78, 5) is 85.7. The number of esters is 7. The van der Waals surface area contributed by atoms with E-state index in [-0.39, 0.29) is 123 Å². The molecule has 14 nitrogen and oxygen atoms in total. The third-order valence-corrected chi connectivity index (χ3v) is 28.8. The SMILES string of the molecule is CC(C)(C)OC(=O)C1C2CCC(C2)C1C(=O)OC(C)(C)C.CC(C)(C)OC(=O)C1CC2CCC1C2.CC1(OC(=O)C2CC3CCC2C3)CC2CCC1C2.CC1(OC(=O)C2CC3CCC2C3)CCCC1.CC1(OC(=O)C2CC3CCC2C3)CCCCC1.CCC(C)(C)OC(=O)C1CC2CCC1C2.C[SiH3].C[SiH3].C[SiH3].C[SiH3].C[SiH3].C[SiH3]. The molecule has 0 aromatic rings. The summed E-state index contributed by atoms with van der Waals surface area (Å²) >= 11 is 0. The number of ether oxygens (including phenoxy) is 7. The number of hydrogen-bond acceptors (Lipinski definition) is 14. The molecular weight excluding hydrogens is 1510 g/mol. The molecule has 0 amide bonds. The van der Waals surface area contributed by atoms with Crippen LogP contribution in [0.1, 0.15) is 341 Å². The zero-order chi connectivity index (χ0) is 84.8. The Bertz CT molecular complexity index is 2870. The van der Waals surface area contributed by atoms with Crippen molar-refractivity contribution in [1.82, 2.24) is 0 Å². The second kappa shape index (κ2) is 46.0. The van der Waals surface area contributed by atoms with Crippen molar-refractivity contribution in [2.45, 2.75) is 420 Å². The molecular formula is C93H176O14Si6. The first-order valence-electron chi connectivity index (χ1n) is 48.0. The third kappa shape index (κ3) is 29.2. The Morgan fingerprint density at radius 2 is 0.558 bits per heavy atom. The molecule has 0 aliphatic heterocycles. The standard InChI is InChI=1S/C17H28O4.C16H24O2.C15H24O2.C14H22O2.C13H22O2.C12H20O2.6CH6Si/c1-16(2,3)20-14(18)12-10-7-8-11(9-10)13(12)15(19)21-17(4,5)6;1-16(9-11-3-5-13(16)7-11)18-15(17)14-8-10-2-4-12(14)6-10;1-15(7-3-2-4-8-15)17-14(16)13-10-11-5-6-12(13)9-11;1-14(6-2-3-7-14)16-13(15)12-9-10-4-5-11(12)8-10;1-4-13(2,3)15-12(14)11-8-9-5-6-10(11)7-9;1-12(2,3)14-11(13)10-7-8-4-5-9(10)6-8;6*1-2/h10-13H,7-9H2,1-6H3;10-14H,2-9H2,1H3;11-13H,2-10H2,1H3;10-12H,2-9H2,1H3;9-11H,4-8H2,1-3H3;8-10H,4-7H2,1-3H3;6*1-2H3. The largest absolute Gasteiger partial charge is 0.460 e. The highest BCUT2D eigenvalue weighted by Crippen LogP contribution is 2.58. The first-order valence-corrected chi connectivity index (χ1v) is 60.0. The second-order valence-corrected chi connectivity index (χ2v) is 40.7. The Balaban J connectivity index is 0.000000236. The van der Waals surface area contributed by atoms with Gasteiger partial charge in [-0.05, 0) is 440 Å². The molecule has 0 N–H and O–H groups in total. The number of rotatable bonds is 12. The highest BCUT2D eigenvalue weighted by molar-refractivity contribution is 6.06. The van der Waals surface area contributed by atoms with Crippen molar-refractivity contribution >= 4 is 103 Å². The van der Waals surface area contributed by atoms with Crippen LogP contribution in [-0.4, -0.2) is 142 Å². The maximum Gasteiger partial charge on any atom is 0.310 e. The fourth-order valence-corrected chi connectivity index (χ4v) is 23.4. The lowest BCUT2D eigenvalue weighted by atomic mass is 9.79. The molecule has 16 aliphatic carbocycles. The lowest BCUT2D eigenvalue weighted by Gasteiger charge is -2.35. The smallest absolute Gasteiger partial charge is 0.310 e. The van der Waals surface area contributed by atoms with E-state index in [1.807, 2.05) is 76.2 Å². The Morgan fingerprint density at radius 1 is 0.292 bits per heavy atom. The minimum atomic E-state index is -0.516. The minimum Gasteiger partial charge on any atom is -0.460 e. The highest BCUT2D eigenvalue weighted by atomic mass is 28.2. The van der Waals surface area contributed by atoms with Crippen molar-refractivity contribution in [3.63, 3.8) is 0 Å². The van der Waals surface area contributed by atoms with E-state index in [1.54, 1.807) is 0 Å². The monoisotopic (exact) mass is 1690 g/mol. The van der Waals surface area contributed by atoms with Gasteiger partial charge >= 0.3 is 41.8 Å². The van der Waals surface area contributed by atoms with Crippen molar-refractivity contribution < 1.29 is 66.7 Å². The fraction of sp³-hybridized carbons (Fsp3) is 0.925. The highest BCUT2D eigenvalue weighted by Gasteiger charge is 2.58. The topological polar surface area (TPSA) is 184 Å². The van der Waals surface area contributed by atoms with Crippen LogP contribution >= 0.6 is 0 Å². The predicted molar refractivity (Wildman–Crippen MR) is 486 cm³/mol. The van der Waals surface area contributed by atoms with Gasteiger partial charge in [0.2, 0.25) is 0 Å². The van der Waals surface area contributed by atoms with Crippen LogP contribution in [0.2, 0.25) is 39.3 Å².